The van der Waals surface area contributed by atoms with Crippen LogP contribution < -0.4 is 10.6 Å². The predicted octanol–water partition coefficient (Wildman–Crippen LogP) is 4.04. The van der Waals surface area contributed by atoms with Crippen molar-refractivity contribution in [1.29, 1.82) is 0 Å². The molecule has 30 heavy (non-hydrogen) atoms. The van der Waals surface area contributed by atoms with E-state index in [1.807, 2.05) is 69.6 Å². The van der Waals surface area contributed by atoms with E-state index in [1.54, 1.807) is 6.92 Å². The highest BCUT2D eigenvalue weighted by Gasteiger charge is 2.29. The third-order valence-electron chi connectivity index (χ3n) is 4.95. The topological polar surface area (TPSA) is 61.4 Å². The standard InChI is InChI=1S/C24H33N3O2S/c1-19(28)30-16-15-24(2,21-13-9-6-10-14-21)26-23(29)25-22(18-27(3)4)17-20-11-7-5-8-12-20/h5-14,22H,15-18H2,1-4H3,(H2,25,26,29)/t22-,24?/m0/s1. The Morgan fingerprint density at radius 3 is 2.20 bits per heavy atom. The molecular weight excluding hydrogens is 394 g/mol. The molecule has 2 atom stereocenters. The minimum atomic E-state index is -0.566. The molecule has 0 saturated heterocycles. The summed E-state index contributed by atoms with van der Waals surface area (Å²) in [5.74, 6) is 0.645. The van der Waals surface area contributed by atoms with Crippen LogP contribution >= 0.6 is 11.8 Å². The second-order valence-corrected chi connectivity index (χ2v) is 9.31. The van der Waals surface area contributed by atoms with Gasteiger partial charge in [-0.1, -0.05) is 72.4 Å². The normalized spacial score (nSPS) is 14.0. The summed E-state index contributed by atoms with van der Waals surface area (Å²) in [6.45, 7) is 4.32. The lowest BCUT2D eigenvalue weighted by molar-refractivity contribution is -0.109. The number of amides is 2. The van der Waals surface area contributed by atoms with Crippen LogP contribution in [0.25, 0.3) is 0 Å². The first-order valence-electron chi connectivity index (χ1n) is 10.2. The van der Waals surface area contributed by atoms with Crippen LogP contribution in [0.5, 0.6) is 0 Å². The van der Waals surface area contributed by atoms with Crippen molar-refractivity contribution in [2.75, 3.05) is 26.4 Å². The second kappa shape index (κ2) is 11.8. The van der Waals surface area contributed by atoms with E-state index in [0.29, 0.717) is 12.2 Å². The van der Waals surface area contributed by atoms with Gasteiger partial charge >= 0.3 is 6.03 Å². The van der Waals surface area contributed by atoms with Gasteiger partial charge in [0.2, 0.25) is 0 Å². The zero-order valence-electron chi connectivity index (χ0n) is 18.4. The van der Waals surface area contributed by atoms with Crippen LogP contribution in [0.15, 0.2) is 60.7 Å². The zero-order valence-corrected chi connectivity index (χ0v) is 19.2. The summed E-state index contributed by atoms with van der Waals surface area (Å²) in [6.07, 6.45) is 1.42. The molecule has 2 aromatic rings. The number of hydrogen-bond donors (Lipinski definition) is 2. The molecule has 6 heteroatoms. The summed E-state index contributed by atoms with van der Waals surface area (Å²) in [7, 11) is 4.01. The number of likely N-dealkylation sites (N-methyl/N-ethyl adjacent to an activating group) is 1. The number of hydrogen-bond acceptors (Lipinski definition) is 4. The monoisotopic (exact) mass is 427 g/mol. The third kappa shape index (κ3) is 8.20. The zero-order chi connectivity index (χ0) is 22.0. The van der Waals surface area contributed by atoms with Gasteiger partial charge in [-0.25, -0.2) is 4.79 Å². The summed E-state index contributed by atoms with van der Waals surface area (Å²) in [5, 5.41) is 6.42. The number of benzene rings is 2. The van der Waals surface area contributed by atoms with Crippen molar-refractivity contribution in [3.8, 4) is 0 Å². The maximum Gasteiger partial charge on any atom is 0.315 e. The van der Waals surface area contributed by atoms with Crippen LogP contribution in [0.4, 0.5) is 4.79 Å². The average Bonchev–Trinajstić information content (AvgIpc) is 2.68. The van der Waals surface area contributed by atoms with Crippen LogP contribution in [-0.2, 0) is 16.8 Å². The quantitative estimate of drug-likeness (QED) is 0.601. The van der Waals surface area contributed by atoms with E-state index in [9.17, 15) is 9.59 Å². The first kappa shape index (κ1) is 24.0. The Labute approximate surface area is 184 Å². The van der Waals surface area contributed by atoms with Gasteiger partial charge in [-0.2, -0.15) is 0 Å². The Morgan fingerprint density at radius 2 is 1.63 bits per heavy atom. The van der Waals surface area contributed by atoms with E-state index in [0.717, 1.165) is 18.5 Å². The van der Waals surface area contributed by atoms with Gasteiger partial charge in [0.25, 0.3) is 0 Å². The molecular formula is C24H33N3O2S. The van der Waals surface area contributed by atoms with Gasteiger partial charge < -0.3 is 15.5 Å². The van der Waals surface area contributed by atoms with E-state index in [-0.39, 0.29) is 17.2 Å². The van der Waals surface area contributed by atoms with Crippen LogP contribution in [0, 0.1) is 0 Å². The second-order valence-electron chi connectivity index (χ2n) is 8.04. The van der Waals surface area contributed by atoms with Crippen molar-refractivity contribution in [1.82, 2.24) is 15.5 Å². The Hall–Kier alpha value is -2.31. The molecule has 0 aliphatic carbocycles. The number of urea groups is 1. The van der Waals surface area contributed by atoms with Gasteiger partial charge in [0.05, 0.1) is 5.54 Å². The van der Waals surface area contributed by atoms with Crippen molar-refractivity contribution < 1.29 is 9.59 Å². The summed E-state index contributed by atoms with van der Waals surface area (Å²) in [6, 6.07) is 19.9. The molecule has 0 saturated carbocycles. The summed E-state index contributed by atoms with van der Waals surface area (Å²) in [5.41, 5.74) is 1.65. The maximum absolute atomic E-state index is 13.0. The van der Waals surface area contributed by atoms with E-state index in [4.69, 9.17) is 0 Å². The summed E-state index contributed by atoms with van der Waals surface area (Å²) >= 11 is 1.29. The molecule has 2 N–H and O–H groups in total. The minimum Gasteiger partial charge on any atom is -0.334 e. The number of carbonyl (C=O) groups is 2. The van der Waals surface area contributed by atoms with E-state index >= 15 is 0 Å². The Bertz CT molecular complexity index is 799. The van der Waals surface area contributed by atoms with Crippen LogP contribution in [0.3, 0.4) is 0 Å². The molecule has 0 spiro atoms. The largest absolute Gasteiger partial charge is 0.334 e. The highest BCUT2D eigenvalue weighted by atomic mass is 32.2. The molecule has 0 radical (unpaired) electrons. The van der Waals surface area contributed by atoms with Crippen molar-refractivity contribution in [2.45, 2.75) is 38.3 Å². The van der Waals surface area contributed by atoms with Gasteiger partial charge in [0.1, 0.15) is 0 Å². The number of nitrogens with zero attached hydrogens (tertiary/aromatic N) is 1. The van der Waals surface area contributed by atoms with E-state index in [2.05, 4.69) is 27.7 Å². The number of nitrogens with one attached hydrogen (secondary N) is 2. The van der Waals surface area contributed by atoms with Gasteiger partial charge in [-0.3, -0.25) is 4.79 Å². The van der Waals surface area contributed by atoms with Gasteiger partial charge in [-0.15, -0.1) is 0 Å². The number of carbonyl (C=O) groups excluding carboxylic acids is 2. The first-order chi connectivity index (χ1) is 14.3. The van der Waals surface area contributed by atoms with Crippen molar-refractivity contribution >= 4 is 22.9 Å². The molecule has 1 unspecified atom stereocenters. The number of thioether (sulfide) groups is 1. The smallest absolute Gasteiger partial charge is 0.315 e. The lowest BCUT2D eigenvalue weighted by atomic mass is 9.89. The molecule has 0 bridgehead atoms. The van der Waals surface area contributed by atoms with Crippen molar-refractivity contribution in [3.63, 3.8) is 0 Å². The molecule has 2 rings (SSSR count). The molecule has 0 aliphatic rings. The molecule has 162 valence electrons. The summed E-state index contributed by atoms with van der Waals surface area (Å²) < 4.78 is 0. The van der Waals surface area contributed by atoms with Gasteiger partial charge in [0, 0.05) is 25.3 Å². The fraction of sp³-hybridized carbons (Fsp3) is 0.417. The molecule has 0 heterocycles. The highest BCUT2D eigenvalue weighted by Crippen LogP contribution is 2.26. The first-order valence-corrected chi connectivity index (χ1v) is 11.2. The molecule has 2 aromatic carbocycles. The number of rotatable bonds is 10. The van der Waals surface area contributed by atoms with Crippen molar-refractivity contribution in [3.05, 3.63) is 71.8 Å². The third-order valence-corrected chi connectivity index (χ3v) is 5.77. The Balaban J connectivity index is 2.10. The molecule has 5 nitrogen and oxygen atoms in total. The van der Waals surface area contributed by atoms with E-state index in [1.165, 1.54) is 17.3 Å². The Morgan fingerprint density at radius 1 is 1.03 bits per heavy atom. The fourth-order valence-corrected chi connectivity index (χ4v) is 4.25. The lowest BCUT2D eigenvalue weighted by Gasteiger charge is -2.33. The van der Waals surface area contributed by atoms with E-state index < -0.39 is 5.54 Å². The molecule has 0 aromatic heterocycles. The molecule has 2 amide bonds. The minimum absolute atomic E-state index is 0.0194. The fourth-order valence-electron chi connectivity index (χ4n) is 3.46. The highest BCUT2D eigenvalue weighted by molar-refractivity contribution is 8.13. The van der Waals surface area contributed by atoms with Crippen molar-refractivity contribution in [2.24, 2.45) is 0 Å². The maximum atomic E-state index is 13.0. The molecule has 0 aliphatic heterocycles. The SMILES string of the molecule is CC(=O)SCCC(C)(NC(=O)N[C@@H](Cc1ccccc1)CN(C)C)c1ccccc1. The van der Waals surface area contributed by atoms with Gasteiger partial charge in [0.15, 0.2) is 5.12 Å². The summed E-state index contributed by atoms with van der Waals surface area (Å²) in [4.78, 5) is 26.4. The van der Waals surface area contributed by atoms with Gasteiger partial charge in [-0.05, 0) is 45.0 Å². The van der Waals surface area contributed by atoms with Crippen LogP contribution in [-0.4, -0.2) is 48.5 Å². The average molecular weight is 428 g/mol. The predicted molar refractivity (Wildman–Crippen MR) is 126 cm³/mol. The van der Waals surface area contributed by atoms with Crippen LogP contribution in [0.1, 0.15) is 31.4 Å². The van der Waals surface area contributed by atoms with Crippen LogP contribution in [0.2, 0.25) is 0 Å². The Kier molecular flexibility index (Phi) is 9.40. The lowest BCUT2D eigenvalue weighted by Crippen LogP contribution is -2.53. The molecule has 0 fully saturated rings.